The van der Waals surface area contributed by atoms with E-state index in [2.05, 4.69) is 5.32 Å². The van der Waals surface area contributed by atoms with E-state index in [1.165, 1.54) is 12.1 Å². The zero-order valence-electron chi connectivity index (χ0n) is 9.20. The van der Waals surface area contributed by atoms with E-state index >= 15 is 0 Å². The fraction of sp³-hybridized carbons (Fsp3) is 0. The van der Waals surface area contributed by atoms with Gasteiger partial charge in [-0.3, -0.25) is 0 Å². The van der Waals surface area contributed by atoms with Gasteiger partial charge in [-0.2, -0.15) is 21.0 Å². The Labute approximate surface area is 119 Å². The standard InChI is InChI=1S/C12H3Cl2N5/c13-9-1-7(3-15)12(10(14)2-9)19-11(6-18)8(4-16)5-17/h1-2,19H. The molecule has 0 atom stereocenters. The van der Waals surface area contributed by atoms with Crippen molar-refractivity contribution >= 4 is 28.9 Å². The van der Waals surface area contributed by atoms with Gasteiger partial charge in [0.1, 0.15) is 30.0 Å². The van der Waals surface area contributed by atoms with Crippen molar-refractivity contribution in [2.24, 2.45) is 0 Å². The van der Waals surface area contributed by atoms with Crippen LogP contribution in [0.1, 0.15) is 5.56 Å². The van der Waals surface area contributed by atoms with Crippen molar-refractivity contribution in [3.63, 3.8) is 0 Å². The fourth-order valence-corrected chi connectivity index (χ4v) is 1.74. The molecular formula is C12H3Cl2N5. The highest BCUT2D eigenvalue weighted by molar-refractivity contribution is 6.36. The van der Waals surface area contributed by atoms with Gasteiger partial charge in [-0.05, 0) is 12.1 Å². The van der Waals surface area contributed by atoms with E-state index in [0.717, 1.165) is 0 Å². The quantitative estimate of drug-likeness (QED) is 0.841. The lowest BCUT2D eigenvalue weighted by molar-refractivity contribution is 1.36. The lowest BCUT2D eigenvalue weighted by Crippen LogP contribution is -2.03. The smallest absolute Gasteiger partial charge is 0.163 e. The summed E-state index contributed by atoms with van der Waals surface area (Å²) in [6, 6.07) is 9.39. The van der Waals surface area contributed by atoms with Gasteiger partial charge in [-0.25, -0.2) is 0 Å². The second kappa shape index (κ2) is 6.29. The zero-order chi connectivity index (χ0) is 14.4. The maximum Gasteiger partial charge on any atom is 0.163 e. The van der Waals surface area contributed by atoms with Crippen LogP contribution >= 0.6 is 23.2 Å². The Hall–Kier alpha value is -2.70. The molecule has 0 aliphatic carbocycles. The minimum atomic E-state index is -0.405. The largest absolute Gasteiger partial charge is 0.343 e. The number of allylic oxidation sites excluding steroid dienone is 2. The van der Waals surface area contributed by atoms with Gasteiger partial charge in [0.15, 0.2) is 5.57 Å². The minimum absolute atomic E-state index is 0.0977. The highest BCUT2D eigenvalue weighted by Gasteiger charge is 2.13. The van der Waals surface area contributed by atoms with Crippen molar-refractivity contribution in [1.29, 1.82) is 21.0 Å². The van der Waals surface area contributed by atoms with Crippen LogP contribution in [0.2, 0.25) is 10.0 Å². The molecule has 0 aromatic heterocycles. The SMILES string of the molecule is N#CC(C#N)=C(C#N)Nc1c(Cl)cc(Cl)cc1C#N. The van der Waals surface area contributed by atoms with Crippen LogP contribution in [-0.2, 0) is 0 Å². The Morgan fingerprint density at radius 3 is 2.11 bits per heavy atom. The topological polar surface area (TPSA) is 107 Å². The summed E-state index contributed by atoms with van der Waals surface area (Å²) in [5.41, 5.74) is -0.475. The predicted octanol–water partition coefficient (Wildman–Crippen LogP) is 3.10. The Kier molecular flexibility index (Phi) is 4.76. The first-order valence-corrected chi connectivity index (χ1v) is 5.43. The van der Waals surface area contributed by atoms with E-state index in [4.69, 9.17) is 44.2 Å². The molecule has 5 nitrogen and oxygen atoms in total. The molecule has 1 N–H and O–H groups in total. The molecule has 0 aliphatic heterocycles. The molecule has 0 spiro atoms. The molecule has 0 bridgehead atoms. The molecule has 1 rings (SSSR count). The van der Waals surface area contributed by atoms with Crippen LogP contribution in [0.5, 0.6) is 0 Å². The van der Waals surface area contributed by atoms with Crippen molar-refractivity contribution < 1.29 is 0 Å². The number of benzene rings is 1. The molecule has 0 saturated carbocycles. The number of anilines is 1. The molecule has 1 aromatic carbocycles. The maximum atomic E-state index is 8.97. The third-order valence-corrected chi connectivity index (χ3v) is 2.53. The fourth-order valence-electron chi connectivity index (χ4n) is 1.20. The van der Waals surface area contributed by atoms with Crippen LogP contribution in [0, 0.1) is 45.3 Å². The summed E-state index contributed by atoms with van der Waals surface area (Å²) < 4.78 is 0. The summed E-state index contributed by atoms with van der Waals surface area (Å²) >= 11 is 11.7. The highest BCUT2D eigenvalue weighted by atomic mass is 35.5. The van der Waals surface area contributed by atoms with Crippen molar-refractivity contribution in [3.8, 4) is 24.3 Å². The average molecular weight is 288 g/mol. The molecule has 0 aliphatic rings. The van der Waals surface area contributed by atoms with Gasteiger partial charge < -0.3 is 5.32 Å². The number of halogens is 2. The Bertz CT molecular complexity index is 707. The summed E-state index contributed by atoms with van der Waals surface area (Å²) in [7, 11) is 0. The molecule has 0 amide bonds. The highest BCUT2D eigenvalue weighted by Crippen LogP contribution is 2.31. The average Bonchev–Trinajstić information content (AvgIpc) is 2.40. The monoisotopic (exact) mass is 287 g/mol. The Morgan fingerprint density at radius 1 is 1.00 bits per heavy atom. The first kappa shape index (κ1) is 14.4. The predicted molar refractivity (Wildman–Crippen MR) is 68.7 cm³/mol. The van der Waals surface area contributed by atoms with E-state index in [0.29, 0.717) is 0 Å². The zero-order valence-corrected chi connectivity index (χ0v) is 10.7. The molecule has 0 radical (unpaired) electrons. The molecule has 19 heavy (non-hydrogen) atoms. The number of nitrogens with one attached hydrogen (secondary N) is 1. The van der Waals surface area contributed by atoms with Gasteiger partial charge in [-0.15, -0.1) is 0 Å². The third kappa shape index (κ3) is 3.15. The van der Waals surface area contributed by atoms with Crippen LogP contribution in [0.4, 0.5) is 5.69 Å². The van der Waals surface area contributed by atoms with Crippen LogP contribution in [-0.4, -0.2) is 0 Å². The van der Waals surface area contributed by atoms with E-state index in [1.807, 2.05) is 6.07 Å². The van der Waals surface area contributed by atoms with E-state index < -0.39 is 5.57 Å². The van der Waals surface area contributed by atoms with Gasteiger partial charge in [-0.1, -0.05) is 23.2 Å². The van der Waals surface area contributed by atoms with E-state index in [-0.39, 0.29) is 27.0 Å². The van der Waals surface area contributed by atoms with Gasteiger partial charge in [0.25, 0.3) is 0 Å². The van der Waals surface area contributed by atoms with Crippen molar-refractivity contribution in [2.75, 3.05) is 5.32 Å². The molecule has 90 valence electrons. The Balaban J connectivity index is 3.41. The van der Waals surface area contributed by atoms with Crippen molar-refractivity contribution in [2.45, 2.75) is 0 Å². The molecule has 7 heteroatoms. The number of nitriles is 4. The Morgan fingerprint density at radius 2 is 1.63 bits per heavy atom. The second-order valence-corrected chi connectivity index (χ2v) is 3.98. The van der Waals surface area contributed by atoms with E-state index in [9.17, 15) is 0 Å². The second-order valence-electron chi connectivity index (χ2n) is 3.13. The summed E-state index contributed by atoms with van der Waals surface area (Å²) in [5, 5.41) is 38.2. The number of hydrogen-bond donors (Lipinski definition) is 1. The number of hydrogen-bond acceptors (Lipinski definition) is 5. The van der Waals surface area contributed by atoms with Gasteiger partial charge in [0, 0.05) is 5.02 Å². The minimum Gasteiger partial charge on any atom is -0.343 e. The van der Waals surface area contributed by atoms with Gasteiger partial charge in [0.2, 0.25) is 0 Å². The van der Waals surface area contributed by atoms with Gasteiger partial charge in [0.05, 0.1) is 16.3 Å². The molecule has 0 fully saturated rings. The summed E-state index contributed by atoms with van der Waals surface area (Å²) in [5.74, 6) is 0. The first-order valence-electron chi connectivity index (χ1n) is 4.68. The molecule has 0 unspecified atom stereocenters. The normalized spacial score (nSPS) is 8.32. The molecule has 1 aromatic rings. The van der Waals surface area contributed by atoms with E-state index in [1.54, 1.807) is 18.2 Å². The maximum absolute atomic E-state index is 8.97. The van der Waals surface area contributed by atoms with Crippen LogP contribution in [0.15, 0.2) is 23.4 Å². The van der Waals surface area contributed by atoms with Crippen LogP contribution in [0.25, 0.3) is 0 Å². The molecular weight excluding hydrogens is 285 g/mol. The summed E-state index contributed by atoms with van der Waals surface area (Å²) in [6.07, 6.45) is 0. The van der Waals surface area contributed by atoms with Crippen LogP contribution in [0.3, 0.4) is 0 Å². The summed E-state index contributed by atoms with van der Waals surface area (Å²) in [6.45, 7) is 0. The lowest BCUT2D eigenvalue weighted by atomic mass is 10.1. The number of rotatable bonds is 2. The molecule has 0 saturated heterocycles. The number of nitrogens with zero attached hydrogens (tertiary/aromatic N) is 4. The summed E-state index contributed by atoms with van der Waals surface area (Å²) in [4.78, 5) is 0. The first-order chi connectivity index (χ1) is 9.07. The third-order valence-electron chi connectivity index (χ3n) is 2.01. The van der Waals surface area contributed by atoms with Crippen molar-refractivity contribution in [1.82, 2.24) is 0 Å². The molecule has 0 heterocycles. The van der Waals surface area contributed by atoms with Crippen LogP contribution < -0.4 is 5.32 Å². The van der Waals surface area contributed by atoms with Gasteiger partial charge >= 0.3 is 0 Å². The van der Waals surface area contributed by atoms with Crippen molar-refractivity contribution in [3.05, 3.63) is 39.0 Å². The lowest BCUT2D eigenvalue weighted by Gasteiger charge is -2.09.